The molecule has 4 rings (SSSR count). The molecule has 1 aliphatic rings. The molecular formula is C16H16N4O3S. The van der Waals surface area contributed by atoms with Crippen LogP contribution in [0, 0.1) is 0 Å². The smallest absolute Gasteiger partial charge is 0.255 e. The number of fused-ring (bicyclic) bond motifs is 1. The number of methoxy groups -OCH3 is 1. The number of anilines is 1. The minimum Gasteiger partial charge on any atom is -0.496 e. The summed E-state index contributed by atoms with van der Waals surface area (Å²) in [6.45, 7) is 0.627. The van der Waals surface area contributed by atoms with Crippen molar-refractivity contribution in [1.29, 1.82) is 0 Å². The van der Waals surface area contributed by atoms with E-state index in [1.54, 1.807) is 11.6 Å². The van der Waals surface area contributed by atoms with Crippen molar-refractivity contribution in [3.8, 4) is 17.0 Å². The van der Waals surface area contributed by atoms with Crippen LogP contribution in [-0.2, 0) is 9.53 Å². The van der Waals surface area contributed by atoms with E-state index in [0.717, 1.165) is 29.8 Å². The van der Waals surface area contributed by atoms with Gasteiger partial charge in [0.2, 0.25) is 4.96 Å². The van der Waals surface area contributed by atoms with Crippen LogP contribution in [0.5, 0.6) is 5.75 Å². The molecule has 0 bridgehead atoms. The molecule has 24 heavy (non-hydrogen) atoms. The van der Waals surface area contributed by atoms with Gasteiger partial charge >= 0.3 is 0 Å². The fourth-order valence-corrected chi connectivity index (χ4v) is 3.57. The summed E-state index contributed by atoms with van der Waals surface area (Å²) in [6, 6.07) is 7.72. The largest absolute Gasteiger partial charge is 0.496 e. The first-order chi connectivity index (χ1) is 11.8. The second-order valence-corrected chi connectivity index (χ2v) is 6.28. The van der Waals surface area contributed by atoms with Crippen LogP contribution in [-0.4, -0.2) is 40.3 Å². The molecule has 0 saturated carbocycles. The second kappa shape index (κ2) is 6.21. The maximum Gasteiger partial charge on any atom is 0.255 e. The number of rotatable bonds is 4. The molecule has 3 aromatic rings. The highest BCUT2D eigenvalue weighted by molar-refractivity contribution is 7.15. The Morgan fingerprint density at radius 3 is 3.12 bits per heavy atom. The number of nitrogens with one attached hydrogen (secondary N) is 1. The van der Waals surface area contributed by atoms with Gasteiger partial charge in [0.05, 0.1) is 12.8 Å². The van der Waals surface area contributed by atoms with Gasteiger partial charge in [-0.3, -0.25) is 10.1 Å². The van der Waals surface area contributed by atoms with E-state index in [2.05, 4.69) is 15.4 Å². The lowest BCUT2D eigenvalue weighted by molar-refractivity contribution is -0.124. The summed E-state index contributed by atoms with van der Waals surface area (Å²) in [7, 11) is 1.64. The summed E-state index contributed by atoms with van der Waals surface area (Å²) in [5.41, 5.74) is 1.80. The normalized spacial score (nSPS) is 17.3. The van der Waals surface area contributed by atoms with Crippen molar-refractivity contribution in [2.75, 3.05) is 19.0 Å². The van der Waals surface area contributed by atoms with Gasteiger partial charge in [0, 0.05) is 17.6 Å². The first kappa shape index (κ1) is 15.1. The molecule has 1 N–H and O–H groups in total. The lowest BCUT2D eigenvalue weighted by Crippen LogP contribution is -2.27. The van der Waals surface area contributed by atoms with Crippen molar-refractivity contribution in [2.45, 2.75) is 18.9 Å². The minimum absolute atomic E-state index is 0.190. The van der Waals surface area contributed by atoms with Crippen molar-refractivity contribution in [3.63, 3.8) is 0 Å². The van der Waals surface area contributed by atoms with E-state index in [-0.39, 0.29) is 5.91 Å². The number of benzene rings is 1. The van der Waals surface area contributed by atoms with E-state index >= 15 is 0 Å². The average Bonchev–Trinajstić information content (AvgIpc) is 3.31. The van der Waals surface area contributed by atoms with Gasteiger partial charge in [0.15, 0.2) is 0 Å². The van der Waals surface area contributed by atoms with Gasteiger partial charge in [-0.05, 0) is 25.0 Å². The number of carbonyl (C=O) groups excluding carboxylic acids is 1. The Morgan fingerprint density at radius 2 is 2.33 bits per heavy atom. The van der Waals surface area contributed by atoms with Gasteiger partial charge in [-0.15, -0.1) is 16.4 Å². The predicted octanol–water partition coefficient (Wildman–Crippen LogP) is 2.58. The van der Waals surface area contributed by atoms with Gasteiger partial charge in [0.1, 0.15) is 11.9 Å². The van der Waals surface area contributed by atoms with Crippen LogP contribution in [0.15, 0.2) is 29.6 Å². The zero-order valence-electron chi connectivity index (χ0n) is 13.1. The fraction of sp³-hybridized carbons (Fsp3) is 0.312. The fourth-order valence-electron chi connectivity index (χ4n) is 2.75. The number of hydrogen-bond donors (Lipinski definition) is 1. The van der Waals surface area contributed by atoms with E-state index in [1.807, 2.05) is 29.6 Å². The number of carbonyl (C=O) groups is 1. The third-order valence-corrected chi connectivity index (χ3v) is 4.74. The van der Waals surface area contributed by atoms with Crippen LogP contribution in [0.1, 0.15) is 12.8 Å². The predicted molar refractivity (Wildman–Crippen MR) is 90.5 cm³/mol. The maximum atomic E-state index is 12.1. The lowest BCUT2D eigenvalue weighted by Gasteiger charge is -2.07. The third kappa shape index (κ3) is 2.63. The van der Waals surface area contributed by atoms with Crippen molar-refractivity contribution in [2.24, 2.45) is 0 Å². The Balaban J connectivity index is 1.65. The summed E-state index contributed by atoms with van der Waals surface area (Å²) in [5, 5.41) is 9.11. The summed E-state index contributed by atoms with van der Waals surface area (Å²) < 4.78 is 12.5. The number of ether oxygens (including phenoxy) is 2. The number of nitrogens with zero attached hydrogens (tertiary/aromatic N) is 3. The molecule has 1 fully saturated rings. The highest BCUT2D eigenvalue weighted by Gasteiger charge is 2.25. The van der Waals surface area contributed by atoms with Crippen molar-refractivity contribution < 1.29 is 14.3 Å². The van der Waals surface area contributed by atoms with Crippen LogP contribution in [0.3, 0.4) is 0 Å². The van der Waals surface area contributed by atoms with Crippen molar-refractivity contribution in [3.05, 3.63) is 29.6 Å². The van der Waals surface area contributed by atoms with Crippen LogP contribution < -0.4 is 10.1 Å². The maximum absolute atomic E-state index is 12.1. The Labute approximate surface area is 142 Å². The van der Waals surface area contributed by atoms with E-state index in [1.165, 1.54) is 11.3 Å². The molecule has 1 aromatic carbocycles. The number of hydrogen-bond acceptors (Lipinski definition) is 6. The summed E-state index contributed by atoms with van der Waals surface area (Å²) >= 11 is 1.46. The molecule has 0 spiro atoms. The minimum atomic E-state index is -0.403. The zero-order valence-corrected chi connectivity index (χ0v) is 13.9. The Kier molecular flexibility index (Phi) is 3.91. The van der Waals surface area contributed by atoms with Crippen LogP contribution in [0.25, 0.3) is 16.2 Å². The Bertz CT molecular complexity index is 882. The molecule has 1 unspecified atom stereocenters. The third-order valence-electron chi connectivity index (χ3n) is 3.92. The highest BCUT2D eigenvalue weighted by Crippen LogP contribution is 2.32. The first-order valence-corrected chi connectivity index (χ1v) is 8.54. The van der Waals surface area contributed by atoms with Crippen LogP contribution in [0.4, 0.5) is 5.95 Å². The van der Waals surface area contributed by atoms with Gasteiger partial charge < -0.3 is 9.47 Å². The highest BCUT2D eigenvalue weighted by atomic mass is 32.1. The molecule has 3 heterocycles. The topological polar surface area (TPSA) is 77.8 Å². The summed E-state index contributed by atoms with van der Waals surface area (Å²) in [4.78, 5) is 17.2. The number of aromatic nitrogens is 3. The van der Waals surface area contributed by atoms with Gasteiger partial charge in [-0.1, -0.05) is 12.1 Å². The van der Waals surface area contributed by atoms with E-state index in [4.69, 9.17) is 9.47 Å². The lowest BCUT2D eigenvalue weighted by atomic mass is 10.1. The molecule has 0 radical (unpaired) electrons. The van der Waals surface area contributed by atoms with E-state index < -0.39 is 6.10 Å². The van der Waals surface area contributed by atoms with Crippen molar-refractivity contribution >= 4 is 28.2 Å². The zero-order chi connectivity index (χ0) is 16.5. The van der Waals surface area contributed by atoms with Gasteiger partial charge in [-0.2, -0.15) is 4.98 Å². The summed E-state index contributed by atoms with van der Waals surface area (Å²) in [6.07, 6.45) is 1.24. The first-order valence-electron chi connectivity index (χ1n) is 7.66. The molecule has 1 amide bonds. The Hall–Kier alpha value is -2.45. The van der Waals surface area contributed by atoms with Crippen molar-refractivity contribution in [1.82, 2.24) is 14.6 Å². The molecule has 124 valence electrons. The monoisotopic (exact) mass is 344 g/mol. The van der Waals surface area contributed by atoms with E-state index in [9.17, 15) is 4.79 Å². The molecule has 2 aromatic heterocycles. The SMILES string of the molecule is COc1ccccc1-c1csc2nc(NC(=O)C3CCCO3)nn12. The average molecular weight is 344 g/mol. The van der Waals surface area contributed by atoms with Crippen LogP contribution >= 0.6 is 11.3 Å². The number of para-hydroxylation sites is 1. The molecule has 8 heteroatoms. The standard InChI is InChI=1S/C16H16N4O3S/c1-22-12-6-3-2-5-10(12)11-9-24-16-18-15(19-20(11)16)17-14(21)13-7-4-8-23-13/h2-3,5-6,9,13H,4,7-8H2,1H3,(H,17,19,21). The molecule has 1 atom stereocenters. The van der Waals surface area contributed by atoms with Gasteiger partial charge in [-0.25, -0.2) is 4.52 Å². The number of thiazole rings is 1. The quantitative estimate of drug-likeness (QED) is 0.787. The molecular weight excluding hydrogens is 328 g/mol. The summed E-state index contributed by atoms with van der Waals surface area (Å²) in [5.74, 6) is 0.862. The number of amides is 1. The molecule has 1 saturated heterocycles. The molecule has 0 aliphatic carbocycles. The molecule has 1 aliphatic heterocycles. The van der Waals surface area contributed by atoms with Gasteiger partial charge in [0.25, 0.3) is 11.9 Å². The molecule has 7 nitrogen and oxygen atoms in total. The van der Waals surface area contributed by atoms with Crippen LogP contribution in [0.2, 0.25) is 0 Å². The second-order valence-electron chi connectivity index (χ2n) is 5.44. The Morgan fingerprint density at radius 1 is 1.46 bits per heavy atom. The van der Waals surface area contributed by atoms with E-state index in [0.29, 0.717) is 17.5 Å².